The number of hydrogen-bond acceptors (Lipinski definition) is 4. The van der Waals surface area contributed by atoms with Crippen molar-refractivity contribution < 1.29 is 9.59 Å². The van der Waals surface area contributed by atoms with Gasteiger partial charge in [-0.15, -0.1) is 24.8 Å². The van der Waals surface area contributed by atoms with Crippen LogP contribution in [0.25, 0.3) is 12.2 Å². The summed E-state index contributed by atoms with van der Waals surface area (Å²) in [7, 11) is 3.25. The number of amides is 2. The Hall–Kier alpha value is -4.40. The van der Waals surface area contributed by atoms with Gasteiger partial charge in [-0.1, -0.05) is 24.3 Å². The van der Waals surface area contributed by atoms with E-state index in [1.165, 1.54) is 12.2 Å². The number of nitrogens with one attached hydrogen (secondary N) is 2. The Morgan fingerprint density at radius 2 is 0.921 bits per heavy atom. The maximum Gasteiger partial charge on any atom is 0.248 e. The average molecular weight is 553 g/mol. The molecule has 0 aromatic heterocycles. The molecule has 0 aliphatic heterocycles. The maximum atomic E-state index is 12.2. The largest absolute Gasteiger partial charge is 0.384 e. The molecule has 3 rings (SSSR count). The standard InChI is InChI=1S/C28H28N6O2.2ClH/c1-31-27(29)21-9-13-23(14-10-21)33-25(35)17-7-19-3-5-20(6-4-19)8-18-26(36)34-24-15-11-22(12-16-24)28(30)32-2;;/h3-18H,1-2H3,(H2,29,31)(H2,30,32)(H,33,35)(H,34,36);2*1H. The zero-order chi connectivity index (χ0) is 25.9. The van der Waals surface area contributed by atoms with E-state index < -0.39 is 0 Å². The van der Waals surface area contributed by atoms with Crippen molar-refractivity contribution in [2.24, 2.45) is 21.5 Å². The predicted octanol–water partition coefficient (Wildman–Crippen LogP) is 4.50. The van der Waals surface area contributed by atoms with E-state index in [4.69, 9.17) is 11.5 Å². The molecule has 0 bridgehead atoms. The van der Waals surface area contributed by atoms with Gasteiger partial charge < -0.3 is 22.1 Å². The van der Waals surface area contributed by atoms with E-state index in [2.05, 4.69) is 20.6 Å². The smallest absolute Gasteiger partial charge is 0.248 e. The third-order valence-electron chi connectivity index (χ3n) is 5.17. The van der Waals surface area contributed by atoms with Crippen molar-refractivity contribution >= 4 is 71.8 Å². The highest BCUT2D eigenvalue weighted by Crippen LogP contribution is 2.12. The van der Waals surface area contributed by atoms with Crippen molar-refractivity contribution in [3.8, 4) is 0 Å². The number of carbonyl (C=O) groups is 2. The molecule has 3 aromatic rings. The van der Waals surface area contributed by atoms with Crippen LogP contribution in [0, 0.1) is 0 Å². The molecular formula is C28H30Cl2N6O2. The highest BCUT2D eigenvalue weighted by atomic mass is 35.5. The van der Waals surface area contributed by atoms with Gasteiger partial charge in [0, 0.05) is 48.7 Å². The van der Waals surface area contributed by atoms with Crippen LogP contribution < -0.4 is 22.1 Å². The number of nitrogens with zero attached hydrogens (tertiary/aromatic N) is 2. The molecule has 2 amide bonds. The summed E-state index contributed by atoms with van der Waals surface area (Å²) < 4.78 is 0. The summed E-state index contributed by atoms with van der Waals surface area (Å²) in [6.45, 7) is 0. The number of aliphatic imine (C=N–C) groups is 2. The van der Waals surface area contributed by atoms with Gasteiger partial charge in [0.1, 0.15) is 11.7 Å². The molecule has 0 saturated carbocycles. The van der Waals surface area contributed by atoms with E-state index >= 15 is 0 Å². The van der Waals surface area contributed by atoms with Crippen LogP contribution in [0.3, 0.4) is 0 Å². The van der Waals surface area contributed by atoms with Gasteiger partial charge in [0.05, 0.1) is 0 Å². The number of anilines is 2. The molecule has 6 N–H and O–H groups in total. The van der Waals surface area contributed by atoms with Crippen molar-refractivity contribution in [1.29, 1.82) is 0 Å². The van der Waals surface area contributed by atoms with E-state index in [-0.39, 0.29) is 36.6 Å². The van der Waals surface area contributed by atoms with Crippen molar-refractivity contribution in [1.82, 2.24) is 0 Å². The van der Waals surface area contributed by atoms with Crippen molar-refractivity contribution in [2.75, 3.05) is 24.7 Å². The quantitative estimate of drug-likeness (QED) is 0.186. The monoisotopic (exact) mass is 552 g/mol. The van der Waals surface area contributed by atoms with Gasteiger partial charge >= 0.3 is 0 Å². The zero-order valence-electron chi connectivity index (χ0n) is 20.9. The molecule has 0 aliphatic carbocycles. The number of hydrogen-bond donors (Lipinski definition) is 4. The van der Waals surface area contributed by atoms with Crippen molar-refractivity contribution in [3.05, 3.63) is 107 Å². The molecule has 198 valence electrons. The highest BCUT2D eigenvalue weighted by Gasteiger charge is 2.02. The summed E-state index contributed by atoms with van der Waals surface area (Å²) in [6.07, 6.45) is 6.34. The number of carbonyl (C=O) groups excluding carboxylic acids is 2. The van der Waals surface area contributed by atoms with Crippen LogP contribution in [0.2, 0.25) is 0 Å². The molecule has 0 atom stereocenters. The first-order valence-corrected chi connectivity index (χ1v) is 11.1. The normalized spacial score (nSPS) is 11.5. The summed E-state index contributed by atoms with van der Waals surface area (Å²) >= 11 is 0. The number of halogens is 2. The average Bonchev–Trinajstić information content (AvgIpc) is 2.91. The lowest BCUT2D eigenvalue weighted by atomic mass is 10.1. The van der Waals surface area contributed by atoms with Crippen molar-refractivity contribution in [2.45, 2.75) is 0 Å². The Kier molecular flexibility index (Phi) is 13.0. The SMILES string of the molecule is CN=C(N)c1ccc(NC(=O)C=Cc2ccc(C=CC(=O)Nc3ccc(C(N)=NC)cc3)cc2)cc1.Cl.Cl. The van der Waals surface area contributed by atoms with Crippen molar-refractivity contribution in [3.63, 3.8) is 0 Å². The van der Waals surface area contributed by atoms with Gasteiger partial charge in [-0.05, 0) is 71.8 Å². The van der Waals surface area contributed by atoms with Gasteiger partial charge in [-0.2, -0.15) is 0 Å². The van der Waals surface area contributed by atoms with Crippen LogP contribution in [0.4, 0.5) is 11.4 Å². The first kappa shape index (κ1) is 31.6. The second kappa shape index (κ2) is 15.7. The Bertz CT molecular complexity index is 1230. The van der Waals surface area contributed by atoms with E-state index in [1.54, 1.807) is 74.8 Å². The van der Waals surface area contributed by atoms with Gasteiger partial charge in [0.15, 0.2) is 0 Å². The predicted molar refractivity (Wildman–Crippen MR) is 162 cm³/mol. The van der Waals surface area contributed by atoms with Crippen LogP contribution in [0.5, 0.6) is 0 Å². The van der Waals surface area contributed by atoms with Crippen LogP contribution >= 0.6 is 24.8 Å². The minimum absolute atomic E-state index is 0. The molecule has 10 heteroatoms. The molecule has 0 heterocycles. The summed E-state index contributed by atoms with van der Waals surface area (Å²) in [6, 6.07) is 21.7. The van der Waals surface area contributed by atoms with Gasteiger partial charge in [0.25, 0.3) is 0 Å². The fraction of sp³-hybridized carbons (Fsp3) is 0.0714. The topological polar surface area (TPSA) is 135 Å². The van der Waals surface area contributed by atoms with Gasteiger partial charge in [0.2, 0.25) is 11.8 Å². The number of benzene rings is 3. The lowest BCUT2D eigenvalue weighted by Crippen LogP contribution is -2.13. The minimum Gasteiger partial charge on any atom is -0.384 e. The molecular weight excluding hydrogens is 523 g/mol. The minimum atomic E-state index is -0.252. The first-order chi connectivity index (χ1) is 17.4. The van der Waals surface area contributed by atoms with Crippen LogP contribution in [0.15, 0.2) is 94.9 Å². The molecule has 38 heavy (non-hydrogen) atoms. The molecule has 0 saturated heterocycles. The number of rotatable bonds is 8. The molecule has 0 radical (unpaired) electrons. The van der Waals surface area contributed by atoms with Gasteiger partial charge in [-0.25, -0.2) is 0 Å². The Morgan fingerprint density at radius 1 is 0.605 bits per heavy atom. The molecule has 3 aromatic carbocycles. The molecule has 0 aliphatic rings. The fourth-order valence-corrected chi connectivity index (χ4v) is 3.14. The van der Waals surface area contributed by atoms with Gasteiger partial charge in [-0.3, -0.25) is 19.6 Å². The maximum absolute atomic E-state index is 12.2. The summed E-state index contributed by atoms with van der Waals surface area (Å²) in [4.78, 5) is 32.3. The number of nitrogens with two attached hydrogens (primary N) is 2. The second-order valence-corrected chi connectivity index (χ2v) is 7.68. The Balaban J connectivity index is 0.00000361. The first-order valence-electron chi connectivity index (χ1n) is 11.1. The van der Waals surface area contributed by atoms with Crippen LogP contribution in [-0.2, 0) is 9.59 Å². The van der Waals surface area contributed by atoms with E-state index in [0.717, 1.165) is 22.3 Å². The lowest BCUT2D eigenvalue weighted by molar-refractivity contribution is -0.112. The third-order valence-corrected chi connectivity index (χ3v) is 5.17. The summed E-state index contributed by atoms with van der Waals surface area (Å²) in [5.41, 5.74) is 16.1. The second-order valence-electron chi connectivity index (χ2n) is 7.68. The van der Waals surface area contributed by atoms with E-state index in [0.29, 0.717) is 23.0 Å². The van der Waals surface area contributed by atoms with Crippen LogP contribution in [-0.4, -0.2) is 37.6 Å². The van der Waals surface area contributed by atoms with E-state index in [9.17, 15) is 9.59 Å². The lowest BCUT2D eigenvalue weighted by Gasteiger charge is -2.04. The fourth-order valence-electron chi connectivity index (χ4n) is 3.14. The number of amidine groups is 2. The van der Waals surface area contributed by atoms with E-state index in [1.807, 2.05) is 24.3 Å². The highest BCUT2D eigenvalue weighted by molar-refractivity contribution is 6.04. The Labute approximate surface area is 234 Å². The zero-order valence-corrected chi connectivity index (χ0v) is 22.6. The molecule has 0 spiro atoms. The third kappa shape index (κ3) is 9.57. The molecule has 0 unspecified atom stereocenters. The summed E-state index contributed by atoms with van der Waals surface area (Å²) in [5, 5.41) is 5.60. The molecule has 0 fully saturated rings. The molecule has 8 nitrogen and oxygen atoms in total. The van der Waals surface area contributed by atoms with Crippen LogP contribution in [0.1, 0.15) is 22.3 Å². The summed E-state index contributed by atoms with van der Waals surface area (Å²) in [5.74, 6) is 0.368. The Morgan fingerprint density at radius 3 is 1.21 bits per heavy atom.